The van der Waals surface area contributed by atoms with Crippen LogP contribution in [0.2, 0.25) is 0 Å². The quantitative estimate of drug-likeness (QED) is 0.400. The van der Waals surface area contributed by atoms with Crippen molar-refractivity contribution in [2.75, 3.05) is 5.32 Å². The molecular formula is C16H12N6O2S2. The van der Waals surface area contributed by atoms with Gasteiger partial charge in [-0.25, -0.2) is 15.4 Å². The van der Waals surface area contributed by atoms with E-state index < -0.39 is 5.91 Å². The van der Waals surface area contributed by atoms with Crippen LogP contribution in [-0.2, 0) is 0 Å². The lowest BCUT2D eigenvalue weighted by Crippen LogP contribution is -2.14. The SMILES string of the molecule is Cc1nc2ccccn2c1-c1cnc(Nc2ccc(C(=O)NN=O)s2)s1. The van der Waals surface area contributed by atoms with E-state index in [0.717, 1.165) is 26.9 Å². The fourth-order valence-electron chi connectivity index (χ4n) is 2.58. The predicted octanol–water partition coefficient (Wildman–Crippen LogP) is 3.98. The number of nitrogens with one attached hydrogen (secondary N) is 2. The first-order valence-electron chi connectivity index (χ1n) is 7.55. The summed E-state index contributed by atoms with van der Waals surface area (Å²) in [6.45, 7) is 1.97. The number of rotatable bonds is 5. The first-order valence-corrected chi connectivity index (χ1v) is 9.18. The van der Waals surface area contributed by atoms with E-state index in [1.165, 1.54) is 22.7 Å². The van der Waals surface area contributed by atoms with Gasteiger partial charge in [-0.3, -0.25) is 9.20 Å². The molecule has 0 radical (unpaired) electrons. The summed E-state index contributed by atoms with van der Waals surface area (Å²) in [5, 5.41) is 7.02. The molecule has 0 bridgehead atoms. The Bertz CT molecular complexity index is 1110. The highest BCUT2D eigenvalue weighted by atomic mass is 32.1. The summed E-state index contributed by atoms with van der Waals surface area (Å²) in [7, 11) is 0. The lowest BCUT2D eigenvalue weighted by Gasteiger charge is -1.99. The van der Waals surface area contributed by atoms with Crippen molar-refractivity contribution < 1.29 is 4.79 Å². The molecule has 0 unspecified atom stereocenters. The summed E-state index contributed by atoms with van der Waals surface area (Å²) in [6.07, 6.45) is 3.77. The summed E-state index contributed by atoms with van der Waals surface area (Å²) in [5.74, 6) is -0.528. The van der Waals surface area contributed by atoms with Crippen LogP contribution in [0.1, 0.15) is 15.4 Å². The molecule has 1 amide bonds. The molecule has 0 aromatic carbocycles. The minimum Gasteiger partial charge on any atom is -0.323 e. The Balaban J connectivity index is 1.60. The fourth-order valence-corrected chi connectivity index (χ4v) is 4.36. The van der Waals surface area contributed by atoms with Crippen LogP contribution in [0.3, 0.4) is 0 Å². The number of aryl methyl sites for hydroxylation is 1. The summed E-state index contributed by atoms with van der Waals surface area (Å²) < 4.78 is 2.03. The number of nitrogens with zero attached hydrogens (tertiary/aromatic N) is 4. The molecule has 0 spiro atoms. The molecule has 4 aromatic rings. The van der Waals surface area contributed by atoms with Gasteiger partial charge in [-0.15, -0.1) is 16.2 Å². The molecular weight excluding hydrogens is 372 g/mol. The molecule has 8 nitrogen and oxygen atoms in total. The lowest BCUT2D eigenvalue weighted by atomic mass is 10.3. The first-order chi connectivity index (χ1) is 12.7. The number of carbonyl (C=O) groups is 1. The Labute approximate surface area is 155 Å². The van der Waals surface area contributed by atoms with Crippen molar-refractivity contribution in [1.82, 2.24) is 19.8 Å². The van der Waals surface area contributed by atoms with Crippen molar-refractivity contribution in [3.05, 3.63) is 58.2 Å². The first kappa shape index (κ1) is 16.4. The summed E-state index contributed by atoms with van der Waals surface area (Å²) >= 11 is 2.71. The van der Waals surface area contributed by atoms with Crippen molar-refractivity contribution in [2.24, 2.45) is 5.29 Å². The second-order valence-corrected chi connectivity index (χ2v) is 7.44. The Morgan fingerprint density at radius 2 is 2.12 bits per heavy atom. The average Bonchev–Trinajstić information content (AvgIpc) is 3.33. The van der Waals surface area contributed by atoms with E-state index in [4.69, 9.17) is 0 Å². The number of pyridine rings is 1. The predicted molar refractivity (Wildman–Crippen MR) is 102 cm³/mol. The third-order valence-electron chi connectivity index (χ3n) is 3.65. The lowest BCUT2D eigenvalue weighted by molar-refractivity contribution is 0.0958. The second-order valence-electron chi connectivity index (χ2n) is 5.33. The molecule has 130 valence electrons. The van der Waals surface area contributed by atoms with E-state index >= 15 is 0 Å². The molecule has 26 heavy (non-hydrogen) atoms. The molecule has 4 aromatic heterocycles. The maximum Gasteiger partial charge on any atom is 0.284 e. The Hall–Kier alpha value is -3.11. The topological polar surface area (TPSA) is 101 Å². The third kappa shape index (κ3) is 2.95. The molecule has 0 fully saturated rings. The van der Waals surface area contributed by atoms with Crippen LogP contribution in [0.15, 0.2) is 48.0 Å². The van der Waals surface area contributed by atoms with Gasteiger partial charge in [0.2, 0.25) is 0 Å². The van der Waals surface area contributed by atoms with Gasteiger partial charge < -0.3 is 5.32 Å². The number of nitroso groups, excluding NO2 is 1. The van der Waals surface area contributed by atoms with Crippen molar-refractivity contribution in [2.45, 2.75) is 6.92 Å². The van der Waals surface area contributed by atoms with Crippen LogP contribution in [0, 0.1) is 11.8 Å². The van der Waals surface area contributed by atoms with Gasteiger partial charge >= 0.3 is 0 Å². The van der Waals surface area contributed by atoms with Crippen LogP contribution in [-0.4, -0.2) is 20.3 Å². The maximum absolute atomic E-state index is 11.6. The zero-order chi connectivity index (χ0) is 18.1. The van der Waals surface area contributed by atoms with Crippen molar-refractivity contribution >= 4 is 44.4 Å². The van der Waals surface area contributed by atoms with Gasteiger partial charge in [0.1, 0.15) is 5.65 Å². The van der Waals surface area contributed by atoms with E-state index in [1.54, 1.807) is 18.3 Å². The Kier molecular flexibility index (Phi) is 4.19. The van der Waals surface area contributed by atoms with Crippen molar-refractivity contribution in [1.29, 1.82) is 0 Å². The number of aromatic nitrogens is 3. The van der Waals surface area contributed by atoms with Crippen molar-refractivity contribution in [3.8, 4) is 10.6 Å². The van der Waals surface area contributed by atoms with Gasteiger partial charge in [0, 0.05) is 12.4 Å². The number of amides is 1. The van der Waals surface area contributed by atoms with Crippen LogP contribution in [0.25, 0.3) is 16.2 Å². The number of hydrogen-bond donors (Lipinski definition) is 2. The monoisotopic (exact) mass is 384 g/mol. The van der Waals surface area contributed by atoms with E-state index in [0.29, 0.717) is 10.0 Å². The minimum atomic E-state index is -0.528. The van der Waals surface area contributed by atoms with Crippen LogP contribution < -0.4 is 10.7 Å². The van der Waals surface area contributed by atoms with Gasteiger partial charge in [-0.05, 0) is 31.2 Å². The summed E-state index contributed by atoms with van der Waals surface area (Å²) in [4.78, 5) is 32.1. The number of fused-ring (bicyclic) bond motifs is 1. The van der Waals surface area contributed by atoms with Crippen LogP contribution in [0.5, 0.6) is 0 Å². The fraction of sp³-hybridized carbons (Fsp3) is 0.0625. The molecule has 0 saturated heterocycles. The zero-order valence-corrected chi connectivity index (χ0v) is 15.1. The van der Waals surface area contributed by atoms with Gasteiger partial charge in [-0.1, -0.05) is 17.4 Å². The largest absolute Gasteiger partial charge is 0.323 e. The third-order valence-corrected chi connectivity index (χ3v) is 5.57. The Morgan fingerprint density at radius 3 is 2.96 bits per heavy atom. The van der Waals surface area contributed by atoms with Gasteiger partial charge in [0.15, 0.2) is 5.13 Å². The number of thiazole rings is 1. The van der Waals surface area contributed by atoms with E-state index in [9.17, 15) is 9.70 Å². The number of imidazole rings is 1. The van der Waals surface area contributed by atoms with E-state index in [1.807, 2.05) is 41.1 Å². The number of hydrogen-bond acceptors (Lipinski definition) is 8. The second kappa shape index (κ2) is 6.65. The smallest absolute Gasteiger partial charge is 0.284 e. The molecule has 0 atom stereocenters. The zero-order valence-electron chi connectivity index (χ0n) is 13.5. The molecule has 0 saturated carbocycles. The molecule has 0 aliphatic carbocycles. The van der Waals surface area contributed by atoms with Crippen LogP contribution >= 0.6 is 22.7 Å². The highest BCUT2D eigenvalue weighted by Crippen LogP contribution is 2.34. The normalized spacial score (nSPS) is 10.8. The molecule has 0 aliphatic rings. The van der Waals surface area contributed by atoms with E-state index in [2.05, 4.69) is 20.6 Å². The summed E-state index contributed by atoms with van der Waals surface area (Å²) in [5.41, 5.74) is 4.71. The van der Waals surface area contributed by atoms with Crippen LogP contribution in [0.4, 0.5) is 10.1 Å². The standard InChI is InChI=1S/C16H12N6O2S2/c1-9-14(22-7-3-2-4-12(22)18-9)11-8-17-16(26-11)19-13-6-5-10(25-13)15(23)20-21-24/h2-8H,1H3,(H,17,19)(H,20,23,24). The number of anilines is 2. The highest BCUT2D eigenvalue weighted by Gasteiger charge is 2.15. The molecule has 10 heteroatoms. The average molecular weight is 384 g/mol. The maximum atomic E-state index is 11.6. The van der Waals surface area contributed by atoms with E-state index in [-0.39, 0.29) is 0 Å². The minimum absolute atomic E-state index is 0.390. The highest BCUT2D eigenvalue weighted by molar-refractivity contribution is 7.20. The van der Waals surface area contributed by atoms with Gasteiger partial charge in [-0.2, -0.15) is 0 Å². The number of carbonyl (C=O) groups excluding carboxylic acids is 1. The van der Waals surface area contributed by atoms with Gasteiger partial charge in [0.05, 0.1) is 31.4 Å². The molecule has 4 heterocycles. The number of thiophene rings is 1. The molecule has 4 rings (SSSR count). The molecule has 0 aliphatic heterocycles. The molecule has 2 N–H and O–H groups in total. The van der Waals surface area contributed by atoms with Crippen molar-refractivity contribution in [3.63, 3.8) is 0 Å². The Morgan fingerprint density at radius 1 is 1.23 bits per heavy atom. The van der Waals surface area contributed by atoms with Gasteiger partial charge in [0.25, 0.3) is 5.91 Å². The summed E-state index contributed by atoms with van der Waals surface area (Å²) in [6, 6.07) is 9.25.